The zero-order valence-corrected chi connectivity index (χ0v) is 81.6. The summed E-state index contributed by atoms with van der Waals surface area (Å²) in [6, 6.07) is 0. The molecule has 6 nitrogen and oxygen atoms in total. The Hall–Kier alpha value is -2.24. The SMILES string of the molecule is C=C(C)CC(CCC1CCCC1)C(=O)CC(C)(C)C.CC(C)(C)CC(=O)C(CCC1CCCC1)CC(C)(C)C.CC(C)(C)CC(=O)C(CCC1CCCC1)CC1CC1.CC(C)(C)CC(=O)C(CCC1CCCC1)CC1CCC1.CC(C)(C)CC(=O)C(CCC1CCCC1)CC1CCCC1.CC(C)C(CCC1CC1)C(=O)CC(C)(C)C. The minimum atomic E-state index is 0.109. The first-order valence-corrected chi connectivity index (χ1v) is 50.3. The molecule has 6 atom stereocenters. The molecule has 0 N–H and O–H groups in total. The van der Waals surface area contributed by atoms with Crippen molar-refractivity contribution in [3.05, 3.63) is 12.2 Å². The van der Waals surface area contributed by atoms with Crippen molar-refractivity contribution in [3.8, 4) is 0 Å². The highest BCUT2D eigenvalue weighted by Gasteiger charge is 2.37. The predicted molar refractivity (Wildman–Crippen MR) is 498 cm³/mol. The lowest BCUT2D eigenvalue weighted by atomic mass is 9.74. The van der Waals surface area contributed by atoms with Gasteiger partial charge in [0.15, 0.2) is 0 Å². The van der Waals surface area contributed by atoms with E-state index in [9.17, 15) is 28.8 Å². The Labute approximate surface area is 716 Å². The summed E-state index contributed by atoms with van der Waals surface area (Å²) in [5.74, 6) is 13.7. The second-order valence-electron chi connectivity index (χ2n) is 50.2. The van der Waals surface area contributed by atoms with Gasteiger partial charge in [0, 0.05) is 74.0 Å². The van der Waals surface area contributed by atoms with Crippen LogP contribution in [0.15, 0.2) is 12.2 Å². The van der Waals surface area contributed by atoms with Gasteiger partial charge in [-0.1, -0.05) is 364 Å². The predicted octanol–water partition coefficient (Wildman–Crippen LogP) is 33.3. The minimum absolute atomic E-state index is 0.109. The van der Waals surface area contributed by atoms with Gasteiger partial charge in [0.1, 0.15) is 34.7 Å². The van der Waals surface area contributed by atoms with Gasteiger partial charge < -0.3 is 0 Å². The summed E-state index contributed by atoms with van der Waals surface area (Å²) < 4.78 is 0. The molecular formula is C109H198O6. The van der Waals surface area contributed by atoms with Crippen LogP contribution >= 0.6 is 0 Å². The van der Waals surface area contributed by atoms with E-state index in [0.717, 1.165) is 123 Å². The van der Waals surface area contributed by atoms with E-state index in [1.807, 2.05) is 6.92 Å². The summed E-state index contributed by atoms with van der Waals surface area (Å²) in [6.07, 6.45) is 68.1. The first kappa shape index (κ1) is 105. The van der Waals surface area contributed by atoms with Crippen molar-refractivity contribution in [1.29, 1.82) is 0 Å². The van der Waals surface area contributed by atoms with E-state index >= 15 is 0 Å². The minimum Gasteiger partial charge on any atom is -0.299 e. The largest absolute Gasteiger partial charge is 0.299 e. The van der Waals surface area contributed by atoms with Crippen LogP contribution in [0, 0.1) is 133 Å². The van der Waals surface area contributed by atoms with Crippen LogP contribution in [0.2, 0.25) is 0 Å². The zero-order valence-electron chi connectivity index (χ0n) is 81.6. The van der Waals surface area contributed by atoms with Gasteiger partial charge >= 0.3 is 0 Å². The maximum Gasteiger partial charge on any atom is 0.136 e. The molecule has 0 aliphatic heterocycles. The van der Waals surface area contributed by atoms with Crippen molar-refractivity contribution in [3.63, 3.8) is 0 Å². The van der Waals surface area contributed by atoms with Crippen LogP contribution in [0.1, 0.15) is 513 Å². The Morgan fingerprint density at radius 1 is 0.252 bits per heavy atom. The average molecular weight is 1600 g/mol. The highest BCUT2D eigenvalue weighted by molar-refractivity contribution is 5.84. The molecule has 0 saturated heterocycles. The van der Waals surface area contributed by atoms with E-state index in [0.29, 0.717) is 70.7 Å². The fraction of sp³-hybridized carbons (Fsp3) is 0.927. The number of Topliss-reactive ketones (excluding diaryl/α,β-unsaturated/α-hetero) is 6. The molecule has 9 fully saturated rings. The first-order valence-electron chi connectivity index (χ1n) is 50.3. The normalized spacial score (nSPS) is 20.9. The molecule has 0 aromatic carbocycles. The summed E-state index contributed by atoms with van der Waals surface area (Å²) in [4.78, 5) is 75.3. The number of carbonyl (C=O) groups is 6. The maximum absolute atomic E-state index is 12.8. The molecule has 9 aliphatic rings. The standard InChI is InChI=1S/C20H36O.C19H34O.C19H36O.2C18H32O.C15H28O/c1-20(2,3)15-19(21)18(14-17-10-6-7-11-17)13-12-16-8-4-5-9-16;1-19(2,3)14-18(20)17(13-16-9-6-10-16)12-11-15-7-4-5-8-15;1-18(2,3)13-16(17(20)14-19(4,5)6)12-11-15-9-7-8-10-15;1-18(2,3)13-17(19)16(12-15-8-9-15)11-10-14-6-4-5-7-14;1-14(2)12-16(17(19)13-18(3,4)5)11-10-15-8-6-7-9-15;1-11(2)13(9-8-12-6-7-12)14(16)10-15(3,4)5/h16-18H,4-15H2,1-3H3;15-17H,4-14H2,1-3H3;15-16H,7-14H2,1-6H3;14-16H,4-13H2,1-3H3;15-16H,1,6-13H2,2-5H3;11-13H,6-10H2,1-5H3. The summed E-state index contributed by atoms with van der Waals surface area (Å²) in [7, 11) is 0. The van der Waals surface area contributed by atoms with Gasteiger partial charge in [0.2, 0.25) is 0 Å². The van der Waals surface area contributed by atoms with Gasteiger partial charge in [-0.15, -0.1) is 6.58 Å². The molecule has 0 amide bonds. The number of hydrogen-bond donors (Lipinski definition) is 0. The molecule has 115 heavy (non-hydrogen) atoms. The quantitative estimate of drug-likeness (QED) is 0.0567. The van der Waals surface area contributed by atoms with Gasteiger partial charge in [0.25, 0.3) is 0 Å². The Morgan fingerprint density at radius 3 is 0.678 bits per heavy atom. The second-order valence-corrected chi connectivity index (χ2v) is 50.2. The monoisotopic (exact) mass is 1600 g/mol. The fourth-order valence-corrected chi connectivity index (χ4v) is 21.0. The summed E-state index contributed by atoms with van der Waals surface area (Å²) in [5, 5.41) is 0. The molecule has 0 aromatic heterocycles. The molecule has 0 spiro atoms. The van der Waals surface area contributed by atoms with Crippen molar-refractivity contribution in [2.45, 2.75) is 513 Å². The lowest BCUT2D eigenvalue weighted by Crippen LogP contribution is -2.25. The van der Waals surface area contributed by atoms with Gasteiger partial charge in [0.05, 0.1) is 0 Å². The molecule has 0 radical (unpaired) electrons. The van der Waals surface area contributed by atoms with Gasteiger partial charge in [-0.3, -0.25) is 28.8 Å². The van der Waals surface area contributed by atoms with E-state index in [4.69, 9.17) is 0 Å². The molecule has 0 aromatic rings. The topological polar surface area (TPSA) is 102 Å². The zero-order chi connectivity index (χ0) is 86.0. The first-order chi connectivity index (χ1) is 53.5. The maximum atomic E-state index is 12.8. The van der Waals surface area contributed by atoms with E-state index in [1.165, 1.54) is 276 Å². The van der Waals surface area contributed by atoms with E-state index in [2.05, 4.69) is 166 Å². The van der Waals surface area contributed by atoms with Crippen LogP contribution < -0.4 is 0 Å². The number of rotatable bonds is 40. The summed E-state index contributed by atoms with van der Waals surface area (Å²) >= 11 is 0. The van der Waals surface area contributed by atoms with Crippen LogP contribution in [0.4, 0.5) is 0 Å². The Kier molecular flexibility index (Phi) is 47.3. The van der Waals surface area contributed by atoms with E-state index in [-0.39, 0.29) is 49.7 Å². The number of ketones is 6. The Balaban J connectivity index is 0.000000291. The molecule has 670 valence electrons. The number of allylic oxidation sites excluding steroid dienone is 1. The summed E-state index contributed by atoms with van der Waals surface area (Å²) in [5.41, 5.74) is 2.25. The van der Waals surface area contributed by atoms with Crippen LogP contribution in [0.25, 0.3) is 0 Å². The fourth-order valence-electron chi connectivity index (χ4n) is 21.0. The molecule has 6 unspecified atom stereocenters. The lowest BCUT2D eigenvalue weighted by molar-refractivity contribution is -0.127. The molecule has 9 saturated carbocycles. The van der Waals surface area contributed by atoms with Gasteiger partial charge in [-0.05, 0) is 213 Å². The summed E-state index contributed by atoms with van der Waals surface area (Å²) in [6.45, 7) is 56.5. The van der Waals surface area contributed by atoms with Crippen molar-refractivity contribution < 1.29 is 28.8 Å². The van der Waals surface area contributed by atoms with Crippen molar-refractivity contribution in [1.82, 2.24) is 0 Å². The lowest BCUT2D eigenvalue weighted by Gasteiger charge is -2.31. The van der Waals surface area contributed by atoms with Crippen molar-refractivity contribution in [2.24, 2.45) is 133 Å². The molecule has 6 heteroatoms. The third-order valence-electron chi connectivity index (χ3n) is 28.0. The Morgan fingerprint density at radius 2 is 0.452 bits per heavy atom. The average Bonchev–Trinajstić information content (AvgIpc) is 1.24. The van der Waals surface area contributed by atoms with Crippen LogP contribution in [-0.2, 0) is 28.8 Å². The van der Waals surface area contributed by atoms with Crippen LogP contribution in [-0.4, -0.2) is 34.7 Å². The second kappa shape index (κ2) is 51.8. The third kappa shape index (κ3) is 52.1. The van der Waals surface area contributed by atoms with Gasteiger partial charge in [-0.2, -0.15) is 0 Å². The van der Waals surface area contributed by atoms with E-state index in [1.54, 1.807) is 0 Å². The van der Waals surface area contributed by atoms with E-state index < -0.39 is 0 Å². The molecular weight excluding hydrogens is 1410 g/mol. The highest BCUT2D eigenvalue weighted by Crippen LogP contribution is 2.45. The van der Waals surface area contributed by atoms with Gasteiger partial charge in [-0.25, -0.2) is 0 Å². The van der Waals surface area contributed by atoms with Crippen LogP contribution in [0.5, 0.6) is 0 Å². The highest BCUT2D eigenvalue weighted by atomic mass is 16.1. The number of carbonyl (C=O) groups excluding carboxylic acids is 6. The van der Waals surface area contributed by atoms with Crippen LogP contribution in [0.3, 0.4) is 0 Å². The molecule has 9 aliphatic carbocycles. The molecule has 0 bridgehead atoms. The third-order valence-corrected chi connectivity index (χ3v) is 28.0. The Bertz CT molecular complexity index is 2690. The van der Waals surface area contributed by atoms with Crippen molar-refractivity contribution >= 4 is 34.7 Å². The molecule has 0 heterocycles. The smallest absolute Gasteiger partial charge is 0.136 e. The van der Waals surface area contributed by atoms with Crippen molar-refractivity contribution in [2.75, 3.05) is 0 Å². The number of hydrogen-bond acceptors (Lipinski definition) is 6. The molecule has 9 rings (SSSR count).